The molecule has 0 aliphatic heterocycles. The second-order valence-electron chi connectivity index (χ2n) is 5.25. The Kier molecular flexibility index (Phi) is 3.26. The lowest BCUT2D eigenvalue weighted by Gasteiger charge is -2.19. The lowest BCUT2D eigenvalue weighted by molar-refractivity contribution is 0.590. The van der Waals surface area contributed by atoms with Crippen molar-refractivity contribution in [3.8, 4) is 11.3 Å². The van der Waals surface area contributed by atoms with Crippen LogP contribution >= 0.6 is 11.6 Å². The summed E-state index contributed by atoms with van der Waals surface area (Å²) >= 11 is 5.89. The van der Waals surface area contributed by atoms with Crippen molar-refractivity contribution in [3.63, 3.8) is 0 Å². The van der Waals surface area contributed by atoms with Crippen molar-refractivity contribution in [3.05, 3.63) is 41.3 Å². The van der Waals surface area contributed by atoms with E-state index in [1.165, 1.54) is 11.9 Å². The molecule has 1 aromatic carbocycles. The first-order chi connectivity index (χ1) is 8.39. The molecule has 0 amide bonds. The number of halogens is 1. The van der Waals surface area contributed by atoms with E-state index in [4.69, 9.17) is 17.3 Å². The maximum Gasteiger partial charge on any atom is 0.155 e. The topological polar surface area (TPSA) is 51.8 Å². The third-order valence-electron chi connectivity index (χ3n) is 2.86. The van der Waals surface area contributed by atoms with E-state index in [1.807, 2.05) is 12.1 Å². The van der Waals surface area contributed by atoms with Gasteiger partial charge in [0.1, 0.15) is 6.33 Å². The van der Waals surface area contributed by atoms with Gasteiger partial charge in [0, 0.05) is 5.56 Å². The van der Waals surface area contributed by atoms with Crippen molar-refractivity contribution < 1.29 is 0 Å². The highest BCUT2D eigenvalue weighted by atomic mass is 35.5. The molecule has 18 heavy (non-hydrogen) atoms. The van der Waals surface area contributed by atoms with E-state index < -0.39 is 0 Å². The summed E-state index contributed by atoms with van der Waals surface area (Å²) in [7, 11) is 0. The Bertz CT molecular complexity index is 556. The zero-order valence-corrected chi connectivity index (χ0v) is 11.5. The Labute approximate surface area is 112 Å². The van der Waals surface area contributed by atoms with Crippen molar-refractivity contribution in [2.45, 2.75) is 26.2 Å². The number of anilines is 1. The fourth-order valence-corrected chi connectivity index (χ4v) is 1.87. The van der Waals surface area contributed by atoms with Crippen LogP contribution in [-0.4, -0.2) is 9.97 Å². The van der Waals surface area contributed by atoms with Gasteiger partial charge < -0.3 is 5.73 Å². The van der Waals surface area contributed by atoms with E-state index in [0.717, 1.165) is 5.56 Å². The molecule has 0 saturated heterocycles. The van der Waals surface area contributed by atoms with Crippen molar-refractivity contribution >= 4 is 17.3 Å². The van der Waals surface area contributed by atoms with Crippen molar-refractivity contribution in [1.82, 2.24) is 9.97 Å². The summed E-state index contributed by atoms with van der Waals surface area (Å²) < 4.78 is 0. The quantitative estimate of drug-likeness (QED) is 0.797. The van der Waals surface area contributed by atoms with Crippen LogP contribution in [-0.2, 0) is 5.41 Å². The third-order valence-corrected chi connectivity index (χ3v) is 3.16. The number of rotatable bonds is 1. The number of hydrogen-bond donors (Lipinski definition) is 1. The van der Waals surface area contributed by atoms with Gasteiger partial charge in [-0.15, -0.1) is 0 Å². The highest BCUT2D eigenvalue weighted by Crippen LogP contribution is 2.29. The van der Waals surface area contributed by atoms with Gasteiger partial charge in [-0.1, -0.05) is 56.6 Å². The third kappa shape index (κ3) is 2.46. The van der Waals surface area contributed by atoms with Crippen LogP contribution in [0.25, 0.3) is 11.3 Å². The Morgan fingerprint density at radius 3 is 2.22 bits per heavy atom. The molecule has 0 atom stereocenters. The lowest BCUT2D eigenvalue weighted by atomic mass is 9.86. The normalized spacial score (nSPS) is 11.6. The Hall–Kier alpha value is -1.61. The summed E-state index contributed by atoms with van der Waals surface area (Å²) in [5.74, 6) is 0. The van der Waals surface area contributed by atoms with Crippen LogP contribution in [0.1, 0.15) is 26.3 Å². The van der Waals surface area contributed by atoms with Crippen LogP contribution in [0.15, 0.2) is 30.6 Å². The molecule has 0 unspecified atom stereocenters. The molecular weight excluding hydrogens is 246 g/mol. The van der Waals surface area contributed by atoms with Gasteiger partial charge in [-0.25, -0.2) is 9.97 Å². The van der Waals surface area contributed by atoms with Crippen molar-refractivity contribution in [1.29, 1.82) is 0 Å². The summed E-state index contributed by atoms with van der Waals surface area (Å²) in [4.78, 5) is 8.03. The van der Waals surface area contributed by atoms with Crippen molar-refractivity contribution in [2.24, 2.45) is 0 Å². The molecule has 94 valence electrons. The van der Waals surface area contributed by atoms with Gasteiger partial charge in [-0.3, -0.25) is 0 Å². The molecule has 0 saturated carbocycles. The summed E-state index contributed by atoms with van der Waals surface area (Å²) in [5, 5.41) is 0.292. The Balaban J connectivity index is 2.44. The first-order valence-electron chi connectivity index (χ1n) is 5.76. The van der Waals surface area contributed by atoms with E-state index >= 15 is 0 Å². The number of nitrogens with zero attached hydrogens (tertiary/aromatic N) is 2. The van der Waals surface area contributed by atoms with Crippen LogP contribution in [0.3, 0.4) is 0 Å². The van der Waals surface area contributed by atoms with Gasteiger partial charge in [0.25, 0.3) is 0 Å². The first-order valence-corrected chi connectivity index (χ1v) is 6.14. The second-order valence-corrected chi connectivity index (χ2v) is 5.61. The smallest absolute Gasteiger partial charge is 0.155 e. The number of nitrogen functional groups attached to an aromatic ring is 1. The average molecular weight is 262 g/mol. The van der Waals surface area contributed by atoms with E-state index in [-0.39, 0.29) is 5.41 Å². The fourth-order valence-electron chi connectivity index (χ4n) is 1.73. The molecule has 1 aromatic heterocycles. The molecule has 0 radical (unpaired) electrons. The number of nitrogens with two attached hydrogens (primary N) is 1. The predicted molar refractivity (Wildman–Crippen MR) is 75.6 cm³/mol. The molecule has 2 N–H and O–H groups in total. The van der Waals surface area contributed by atoms with E-state index in [9.17, 15) is 0 Å². The van der Waals surface area contributed by atoms with E-state index in [1.54, 1.807) is 0 Å². The van der Waals surface area contributed by atoms with Crippen LogP contribution in [0.4, 0.5) is 5.69 Å². The molecule has 0 aliphatic rings. The fraction of sp³-hybridized carbons (Fsp3) is 0.286. The van der Waals surface area contributed by atoms with Crippen LogP contribution in [0.2, 0.25) is 5.15 Å². The molecule has 0 fully saturated rings. The minimum Gasteiger partial charge on any atom is -0.394 e. The zero-order chi connectivity index (χ0) is 13.3. The Morgan fingerprint density at radius 2 is 1.67 bits per heavy atom. The molecule has 0 bridgehead atoms. The molecular formula is C14H16ClN3. The van der Waals surface area contributed by atoms with Gasteiger partial charge in [0.2, 0.25) is 0 Å². The Morgan fingerprint density at radius 1 is 1.06 bits per heavy atom. The summed E-state index contributed by atoms with van der Waals surface area (Å²) in [5.41, 5.74) is 9.33. The van der Waals surface area contributed by atoms with Crippen LogP contribution in [0.5, 0.6) is 0 Å². The van der Waals surface area contributed by atoms with Crippen molar-refractivity contribution in [2.75, 3.05) is 5.73 Å². The first kappa shape index (κ1) is 12.8. The molecule has 2 aromatic rings. The molecule has 4 heteroatoms. The molecule has 0 aliphatic carbocycles. The summed E-state index contributed by atoms with van der Waals surface area (Å²) in [6.45, 7) is 6.54. The lowest BCUT2D eigenvalue weighted by Crippen LogP contribution is -2.10. The number of benzene rings is 1. The van der Waals surface area contributed by atoms with E-state index in [0.29, 0.717) is 16.5 Å². The standard InChI is InChI=1S/C14H16ClN3/c1-14(2,3)10-6-4-9(5-7-10)12-11(16)13(15)18-8-17-12/h4-8H,16H2,1-3H3. The second kappa shape index (κ2) is 4.58. The van der Waals surface area contributed by atoms with E-state index in [2.05, 4.69) is 42.9 Å². The monoisotopic (exact) mass is 261 g/mol. The van der Waals surface area contributed by atoms with Gasteiger partial charge in [0.15, 0.2) is 5.15 Å². The minimum absolute atomic E-state index is 0.132. The van der Waals surface area contributed by atoms with Gasteiger partial charge in [-0.2, -0.15) is 0 Å². The summed E-state index contributed by atoms with van der Waals surface area (Å²) in [6.07, 6.45) is 1.42. The van der Waals surface area contributed by atoms with Gasteiger partial charge in [0.05, 0.1) is 11.4 Å². The largest absolute Gasteiger partial charge is 0.394 e. The molecule has 0 spiro atoms. The predicted octanol–water partition coefficient (Wildman–Crippen LogP) is 3.68. The average Bonchev–Trinajstić information content (AvgIpc) is 2.32. The minimum atomic E-state index is 0.132. The van der Waals surface area contributed by atoms with Gasteiger partial charge >= 0.3 is 0 Å². The maximum absolute atomic E-state index is 5.89. The summed E-state index contributed by atoms with van der Waals surface area (Å²) in [6, 6.07) is 8.20. The van der Waals surface area contributed by atoms with Gasteiger partial charge in [-0.05, 0) is 11.0 Å². The van der Waals surface area contributed by atoms with Crippen LogP contribution < -0.4 is 5.73 Å². The molecule has 3 nitrogen and oxygen atoms in total. The molecule has 1 heterocycles. The molecule has 2 rings (SSSR count). The highest BCUT2D eigenvalue weighted by Gasteiger charge is 2.14. The SMILES string of the molecule is CC(C)(C)c1ccc(-c2ncnc(Cl)c2N)cc1. The van der Waals surface area contributed by atoms with Crippen LogP contribution in [0, 0.1) is 0 Å². The number of hydrogen-bond acceptors (Lipinski definition) is 3. The maximum atomic E-state index is 5.89. The number of aromatic nitrogens is 2. The highest BCUT2D eigenvalue weighted by molar-refractivity contribution is 6.32. The zero-order valence-electron chi connectivity index (χ0n) is 10.7.